The van der Waals surface area contributed by atoms with Crippen LogP contribution in [0.5, 0.6) is 0 Å². The zero-order valence-electron chi connectivity index (χ0n) is 8.67. The average Bonchev–Trinajstić information content (AvgIpc) is 2.16. The second-order valence-electron chi connectivity index (χ2n) is 2.69. The Hall–Kier alpha value is -1.18. The van der Waals surface area contributed by atoms with Gasteiger partial charge in [-0.25, -0.2) is 9.59 Å². The van der Waals surface area contributed by atoms with Gasteiger partial charge in [-0.15, -0.1) is 0 Å². The topological polar surface area (TPSA) is 102 Å². The van der Waals surface area contributed by atoms with Gasteiger partial charge in [0, 0.05) is 21.3 Å². The summed E-state index contributed by atoms with van der Waals surface area (Å²) >= 11 is 0. The SMILES string of the molecule is COC([C@H](OC)C(=O)O)[C@H](OC)C(=O)O. The van der Waals surface area contributed by atoms with Crippen molar-refractivity contribution >= 4 is 11.9 Å². The molecule has 0 aromatic heterocycles. The van der Waals surface area contributed by atoms with Crippen molar-refractivity contribution in [3.8, 4) is 0 Å². The molecule has 0 aliphatic carbocycles. The molecule has 0 rings (SSSR count). The molecule has 0 aliphatic rings. The summed E-state index contributed by atoms with van der Waals surface area (Å²) < 4.78 is 14.0. The van der Waals surface area contributed by atoms with Crippen molar-refractivity contribution in [1.29, 1.82) is 0 Å². The van der Waals surface area contributed by atoms with Gasteiger partial charge < -0.3 is 24.4 Å². The molecule has 0 aliphatic heterocycles. The zero-order chi connectivity index (χ0) is 12.0. The van der Waals surface area contributed by atoms with Crippen LogP contribution >= 0.6 is 0 Å². The molecule has 0 saturated heterocycles. The van der Waals surface area contributed by atoms with Crippen LogP contribution in [0.1, 0.15) is 0 Å². The third-order valence-electron chi connectivity index (χ3n) is 1.86. The molecule has 0 amide bonds. The normalized spacial score (nSPS) is 14.9. The minimum absolute atomic E-state index is 1.15. The number of hydrogen-bond donors (Lipinski definition) is 2. The quantitative estimate of drug-likeness (QED) is 0.581. The van der Waals surface area contributed by atoms with E-state index in [0.29, 0.717) is 0 Å². The van der Waals surface area contributed by atoms with E-state index in [1.165, 1.54) is 7.11 Å². The number of hydrogen-bond acceptors (Lipinski definition) is 5. The maximum atomic E-state index is 10.7. The van der Waals surface area contributed by atoms with E-state index in [4.69, 9.17) is 14.9 Å². The number of carboxylic acid groups (broad SMARTS) is 2. The lowest BCUT2D eigenvalue weighted by Gasteiger charge is -2.25. The average molecular weight is 222 g/mol. The first kappa shape index (κ1) is 13.8. The molecule has 88 valence electrons. The molecule has 0 saturated carbocycles. The van der Waals surface area contributed by atoms with E-state index in [9.17, 15) is 9.59 Å². The first-order valence-electron chi connectivity index (χ1n) is 4.03. The van der Waals surface area contributed by atoms with Crippen molar-refractivity contribution < 1.29 is 34.0 Å². The van der Waals surface area contributed by atoms with Crippen LogP contribution in [-0.2, 0) is 23.8 Å². The number of rotatable bonds is 7. The molecule has 0 aromatic carbocycles. The maximum Gasteiger partial charge on any atom is 0.335 e. The Morgan fingerprint density at radius 1 is 0.867 bits per heavy atom. The van der Waals surface area contributed by atoms with E-state index in [2.05, 4.69) is 9.47 Å². The Morgan fingerprint density at radius 3 is 1.33 bits per heavy atom. The van der Waals surface area contributed by atoms with Gasteiger partial charge in [-0.3, -0.25) is 0 Å². The molecule has 0 fully saturated rings. The van der Waals surface area contributed by atoms with Crippen LogP contribution in [0.25, 0.3) is 0 Å². The van der Waals surface area contributed by atoms with Crippen LogP contribution in [0.3, 0.4) is 0 Å². The van der Waals surface area contributed by atoms with Crippen molar-refractivity contribution in [3.05, 3.63) is 0 Å². The first-order chi connectivity index (χ1) is 6.99. The molecule has 7 nitrogen and oxygen atoms in total. The number of methoxy groups -OCH3 is 3. The lowest BCUT2D eigenvalue weighted by atomic mass is 10.1. The van der Waals surface area contributed by atoms with Crippen LogP contribution in [0, 0.1) is 0 Å². The van der Waals surface area contributed by atoms with Gasteiger partial charge in [0.15, 0.2) is 12.2 Å². The summed E-state index contributed by atoms with van der Waals surface area (Å²) in [5.41, 5.74) is 0. The van der Waals surface area contributed by atoms with Gasteiger partial charge in [0.2, 0.25) is 0 Å². The molecule has 0 unspecified atom stereocenters. The largest absolute Gasteiger partial charge is 0.479 e. The van der Waals surface area contributed by atoms with Gasteiger partial charge in [0.1, 0.15) is 6.10 Å². The zero-order valence-corrected chi connectivity index (χ0v) is 8.67. The number of aliphatic carboxylic acids is 2. The first-order valence-corrected chi connectivity index (χ1v) is 4.03. The highest BCUT2D eigenvalue weighted by molar-refractivity contribution is 5.78. The summed E-state index contributed by atoms with van der Waals surface area (Å²) in [6, 6.07) is 0. The fourth-order valence-electron chi connectivity index (χ4n) is 1.16. The second kappa shape index (κ2) is 6.33. The molecule has 2 atom stereocenters. The van der Waals surface area contributed by atoms with Crippen LogP contribution in [0.15, 0.2) is 0 Å². The van der Waals surface area contributed by atoms with Gasteiger partial charge in [-0.1, -0.05) is 0 Å². The van der Waals surface area contributed by atoms with Crippen LogP contribution < -0.4 is 0 Å². The highest BCUT2D eigenvalue weighted by Gasteiger charge is 2.39. The van der Waals surface area contributed by atoms with E-state index < -0.39 is 30.3 Å². The summed E-state index contributed by atoms with van der Waals surface area (Å²) in [6.45, 7) is 0. The van der Waals surface area contributed by atoms with E-state index in [-0.39, 0.29) is 0 Å². The molecule has 0 aromatic rings. The van der Waals surface area contributed by atoms with Crippen molar-refractivity contribution in [1.82, 2.24) is 0 Å². The highest BCUT2D eigenvalue weighted by Crippen LogP contribution is 2.11. The van der Waals surface area contributed by atoms with Crippen molar-refractivity contribution in [2.45, 2.75) is 18.3 Å². The lowest BCUT2D eigenvalue weighted by molar-refractivity contribution is -0.176. The predicted molar refractivity (Wildman–Crippen MR) is 47.7 cm³/mol. The summed E-state index contributed by atoms with van der Waals surface area (Å²) in [5, 5.41) is 17.5. The summed E-state index contributed by atoms with van der Waals surface area (Å²) in [4.78, 5) is 21.4. The summed E-state index contributed by atoms with van der Waals surface area (Å²) in [7, 11) is 3.49. The second-order valence-corrected chi connectivity index (χ2v) is 2.69. The van der Waals surface area contributed by atoms with Gasteiger partial charge in [0.25, 0.3) is 0 Å². The van der Waals surface area contributed by atoms with Gasteiger partial charge >= 0.3 is 11.9 Å². The summed E-state index contributed by atoms with van der Waals surface area (Å²) in [5.74, 6) is -2.62. The van der Waals surface area contributed by atoms with Crippen molar-refractivity contribution in [2.75, 3.05) is 21.3 Å². The van der Waals surface area contributed by atoms with Crippen molar-refractivity contribution in [3.63, 3.8) is 0 Å². The fourth-order valence-corrected chi connectivity index (χ4v) is 1.16. The van der Waals surface area contributed by atoms with Crippen LogP contribution in [-0.4, -0.2) is 61.8 Å². The Morgan fingerprint density at radius 2 is 1.20 bits per heavy atom. The molecule has 0 heterocycles. The molecular formula is C8H14O7. The van der Waals surface area contributed by atoms with Gasteiger partial charge in [-0.2, -0.15) is 0 Å². The van der Waals surface area contributed by atoms with Crippen molar-refractivity contribution in [2.24, 2.45) is 0 Å². The Labute approximate surface area is 86.5 Å². The van der Waals surface area contributed by atoms with E-state index in [0.717, 1.165) is 14.2 Å². The maximum absolute atomic E-state index is 10.7. The third-order valence-corrected chi connectivity index (χ3v) is 1.86. The highest BCUT2D eigenvalue weighted by atomic mass is 16.6. The molecule has 0 spiro atoms. The standard InChI is InChI=1S/C8H14O7/c1-13-4(5(14-2)7(9)10)6(15-3)8(11)12/h4-6H,1-3H3,(H,9,10)(H,11,12)/t5-,6-/m0/s1. The lowest BCUT2D eigenvalue weighted by Crippen LogP contribution is -2.48. The van der Waals surface area contributed by atoms with Crippen LogP contribution in [0.2, 0.25) is 0 Å². The number of ether oxygens (including phenoxy) is 3. The van der Waals surface area contributed by atoms with E-state index >= 15 is 0 Å². The predicted octanol–water partition coefficient (Wildman–Crippen LogP) is -0.799. The summed E-state index contributed by atoms with van der Waals surface area (Å²) in [6.07, 6.45) is -4.00. The minimum atomic E-state index is -1.39. The monoisotopic (exact) mass is 222 g/mol. The molecule has 15 heavy (non-hydrogen) atoms. The molecule has 0 bridgehead atoms. The number of carbonyl (C=O) groups is 2. The molecule has 7 heteroatoms. The minimum Gasteiger partial charge on any atom is -0.479 e. The third kappa shape index (κ3) is 3.46. The Bertz CT molecular complexity index is 205. The number of carboxylic acids is 2. The molecule has 0 radical (unpaired) electrons. The van der Waals surface area contributed by atoms with Gasteiger partial charge in [0.05, 0.1) is 0 Å². The fraction of sp³-hybridized carbons (Fsp3) is 0.750. The Balaban J connectivity index is 4.84. The smallest absolute Gasteiger partial charge is 0.335 e. The molecule has 2 N–H and O–H groups in total. The molecular weight excluding hydrogens is 208 g/mol. The van der Waals surface area contributed by atoms with E-state index in [1.54, 1.807) is 0 Å². The van der Waals surface area contributed by atoms with E-state index in [1.807, 2.05) is 0 Å². The van der Waals surface area contributed by atoms with Gasteiger partial charge in [-0.05, 0) is 0 Å². The van der Waals surface area contributed by atoms with Crippen LogP contribution in [0.4, 0.5) is 0 Å². The Kier molecular flexibility index (Phi) is 5.83.